The van der Waals surface area contributed by atoms with Gasteiger partial charge in [0.25, 0.3) is 0 Å². The number of nitrogens with zero attached hydrogens (tertiary/aromatic N) is 2. The summed E-state index contributed by atoms with van der Waals surface area (Å²) in [6.45, 7) is 0. The van der Waals surface area contributed by atoms with Crippen LogP contribution in [0.1, 0.15) is 0 Å². The summed E-state index contributed by atoms with van der Waals surface area (Å²) in [6.07, 6.45) is 3.40. The van der Waals surface area contributed by atoms with E-state index in [0.717, 1.165) is 22.0 Å². The van der Waals surface area contributed by atoms with Crippen LogP contribution in [0.4, 0.5) is 0 Å². The first-order valence-electron chi connectivity index (χ1n) is 7.44. The fourth-order valence-electron chi connectivity index (χ4n) is 2.78. The van der Waals surface area contributed by atoms with Crippen molar-refractivity contribution in [1.29, 1.82) is 0 Å². The molecule has 0 aliphatic heterocycles. The molecule has 0 atom stereocenters. The maximum Gasteiger partial charge on any atom is 0.178 e. The lowest BCUT2D eigenvalue weighted by Gasteiger charge is -2.08. The normalized spacial score (nSPS) is 10.9. The Bertz CT molecular complexity index is 1020. The van der Waals surface area contributed by atoms with Gasteiger partial charge in [-0.1, -0.05) is 29.4 Å². The van der Waals surface area contributed by atoms with E-state index in [1.165, 1.54) is 0 Å². The Balaban J connectivity index is 1.92. The summed E-state index contributed by atoms with van der Waals surface area (Å²) in [7, 11) is 1.55. The average Bonchev–Trinajstić information content (AvgIpc) is 3.10. The molecule has 5 heteroatoms. The second-order valence-corrected chi connectivity index (χ2v) is 5.33. The number of benzene rings is 2. The van der Waals surface area contributed by atoms with Gasteiger partial charge in [0.05, 0.1) is 30.0 Å². The number of aromatic hydroxyl groups is 1. The highest BCUT2D eigenvalue weighted by Gasteiger charge is 2.18. The third-order valence-corrected chi connectivity index (χ3v) is 3.94. The summed E-state index contributed by atoms with van der Waals surface area (Å²) < 4.78 is 10.6. The molecular formula is C19H14N2O3. The molecule has 4 aromatic rings. The van der Waals surface area contributed by atoms with Crippen LogP contribution in [-0.2, 0) is 0 Å². The molecule has 0 saturated heterocycles. The molecule has 2 aromatic carbocycles. The van der Waals surface area contributed by atoms with Crippen LogP contribution in [0.5, 0.6) is 11.5 Å². The minimum Gasteiger partial charge on any atom is -0.507 e. The van der Waals surface area contributed by atoms with Crippen molar-refractivity contribution in [1.82, 2.24) is 10.1 Å². The maximum atomic E-state index is 10.3. The molecule has 0 unspecified atom stereocenters. The Morgan fingerprint density at radius 2 is 1.88 bits per heavy atom. The molecule has 2 heterocycles. The zero-order chi connectivity index (χ0) is 16.5. The van der Waals surface area contributed by atoms with Gasteiger partial charge < -0.3 is 14.4 Å². The minimum absolute atomic E-state index is 0.0699. The monoisotopic (exact) mass is 318 g/mol. The van der Waals surface area contributed by atoms with E-state index in [2.05, 4.69) is 10.1 Å². The molecule has 0 saturated carbocycles. The van der Waals surface area contributed by atoms with E-state index in [1.807, 2.05) is 30.3 Å². The Morgan fingerprint density at radius 3 is 2.71 bits per heavy atom. The number of ether oxygens (including phenoxy) is 1. The van der Waals surface area contributed by atoms with Crippen LogP contribution in [-0.4, -0.2) is 22.4 Å². The molecule has 24 heavy (non-hydrogen) atoms. The van der Waals surface area contributed by atoms with Crippen LogP contribution in [0.25, 0.3) is 33.4 Å². The number of pyridine rings is 1. The van der Waals surface area contributed by atoms with Gasteiger partial charge in [0.1, 0.15) is 11.5 Å². The predicted molar refractivity (Wildman–Crippen MR) is 90.9 cm³/mol. The summed E-state index contributed by atoms with van der Waals surface area (Å²) in [6, 6.07) is 14.9. The first-order chi connectivity index (χ1) is 11.8. The first kappa shape index (κ1) is 14.3. The average molecular weight is 318 g/mol. The van der Waals surface area contributed by atoms with Gasteiger partial charge >= 0.3 is 0 Å². The van der Waals surface area contributed by atoms with Crippen LogP contribution in [0.15, 0.2) is 65.4 Å². The highest BCUT2D eigenvalue weighted by atomic mass is 16.5. The van der Waals surface area contributed by atoms with E-state index < -0.39 is 0 Å². The number of para-hydroxylation sites is 1. The standard InChI is InChI=1S/C19H14N2O3/c1-23-13-7-8-15(17(22)10-13)19-16(11-21-24-19)14-6-2-4-12-5-3-9-20-18(12)14/h2-11,22H,1H3. The van der Waals surface area contributed by atoms with Crippen molar-refractivity contribution in [2.75, 3.05) is 7.11 Å². The van der Waals surface area contributed by atoms with E-state index >= 15 is 0 Å². The Morgan fingerprint density at radius 1 is 1.00 bits per heavy atom. The van der Waals surface area contributed by atoms with Gasteiger partial charge in [0.15, 0.2) is 5.76 Å². The molecule has 0 amide bonds. The van der Waals surface area contributed by atoms with Crippen LogP contribution < -0.4 is 4.74 Å². The number of methoxy groups -OCH3 is 1. The molecule has 4 rings (SSSR count). The molecular weight excluding hydrogens is 304 g/mol. The molecule has 2 aromatic heterocycles. The van der Waals surface area contributed by atoms with Gasteiger partial charge in [0.2, 0.25) is 0 Å². The van der Waals surface area contributed by atoms with Gasteiger partial charge in [-0.3, -0.25) is 4.98 Å². The van der Waals surface area contributed by atoms with Crippen molar-refractivity contribution in [3.8, 4) is 33.9 Å². The maximum absolute atomic E-state index is 10.3. The molecule has 1 N–H and O–H groups in total. The van der Waals surface area contributed by atoms with Gasteiger partial charge in [-0.2, -0.15) is 0 Å². The SMILES string of the molecule is COc1ccc(-c2oncc2-c2cccc3cccnc23)c(O)c1. The van der Waals surface area contributed by atoms with Crippen LogP contribution >= 0.6 is 0 Å². The summed E-state index contributed by atoms with van der Waals surface area (Å²) in [5.41, 5.74) is 3.09. The third-order valence-electron chi connectivity index (χ3n) is 3.94. The number of phenolic OH excluding ortho intramolecular Hbond substituents is 1. The third kappa shape index (κ3) is 2.27. The summed E-state index contributed by atoms with van der Waals surface area (Å²) in [5, 5.41) is 15.2. The molecule has 0 fully saturated rings. The number of hydrogen-bond acceptors (Lipinski definition) is 5. The second-order valence-electron chi connectivity index (χ2n) is 5.33. The number of hydrogen-bond donors (Lipinski definition) is 1. The fourth-order valence-corrected chi connectivity index (χ4v) is 2.78. The first-order valence-corrected chi connectivity index (χ1v) is 7.44. The second kappa shape index (κ2) is 5.70. The lowest BCUT2D eigenvalue weighted by Crippen LogP contribution is -1.87. The van der Waals surface area contributed by atoms with Gasteiger partial charge in [-0.25, -0.2) is 0 Å². The molecule has 118 valence electrons. The van der Waals surface area contributed by atoms with Crippen molar-refractivity contribution < 1.29 is 14.4 Å². The molecule has 0 aliphatic rings. The van der Waals surface area contributed by atoms with Crippen molar-refractivity contribution in [2.24, 2.45) is 0 Å². The quantitative estimate of drug-likeness (QED) is 0.611. The van der Waals surface area contributed by atoms with E-state index in [9.17, 15) is 5.11 Å². The Hall–Kier alpha value is -3.34. The van der Waals surface area contributed by atoms with E-state index in [4.69, 9.17) is 9.26 Å². The van der Waals surface area contributed by atoms with E-state index in [0.29, 0.717) is 17.1 Å². The zero-order valence-corrected chi connectivity index (χ0v) is 12.9. The number of rotatable bonds is 3. The smallest absolute Gasteiger partial charge is 0.178 e. The van der Waals surface area contributed by atoms with Crippen LogP contribution in [0, 0.1) is 0 Å². The Labute approximate surface area is 138 Å². The molecule has 5 nitrogen and oxygen atoms in total. The van der Waals surface area contributed by atoms with Gasteiger partial charge in [0, 0.05) is 23.2 Å². The lowest BCUT2D eigenvalue weighted by atomic mass is 9.99. The number of aromatic nitrogens is 2. The van der Waals surface area contributed by atoms with Crippen molar-refractivity contribution in [2.45, 2.75) is 0 Å². The Kier molecular flexibility index (Phi) is 3.39. The molecule has 0 bridgehead atoms. The molecule has 0 aliphatic carbocycles. The number of fused-ring (bicyclic) bond motifs is 1. The summed E-state index contributed by atoms with van der Waals surface area (Å²) in [4.78, 5) is 4.47. The fraction of sp³-hybridized carbons (Fsp3) is 0.0526. The summed E-state index contributed by atoms with van der Waals surface area (Å²) >= 11 is 0. The largest absolute Gasteiger partial charge is 0.507 e. The highest BCUT2D eigenvalue weighted by molar-refractivity contribution is 5.97. The summed E-state index contributed by atoms with van der Waals surface area (Å²) in [5.74, 6) is 1.14. The van der Waals surface area contributed by atoms with Gasteiger partial charge in [-0.15, -0.1) is 0 Å². The lowest BCUT2D eigenvalue weighted by molar-refractivity contribution is 0.405. The zero-order valence-electron chi connectivity index (χ0n) is 12.9. The van der Waals surface area contributed by atoms with Crippen molar-refractivity contribution in [3.05, 3.63) is 60.9 Å². The van der Waals surface area contributed by atoms with Crippen LogP contribution in [0.3, 0.4) is 0 Å². The van der Waals surface area contributed by atoms with Gasteiger partial charge in [-0.05, 0) is 18.2 Å². The minimum atomic E-state index is 0.0699. The predicted octanol–water partition coefficient (Wildman–Crippen LogP) is 4.27. The van der Waals surface area contributed by atoms with Crippen LogP contribution in [0.2, 0.25) is 0 Å². The topological polar surface area (TPSA) is 68.4 Å². The molecule has 0 radical (unpaired) electrons. The van der Waals surface area contributed by atoms with Crippen molar-refractivity contribution >= 4 is 10.9 Å². The number of phenols is 1. The highest BCUT2D eigenvalue weighted by Crippen LogP contribution is 2.39. The molecule has 0 spiro atoms. The van der Waals surface area contributed by atoms with E-state index in [1.54, 1.807) is 37.7 Å². The van der Waals surface area contributed by atoms with E-state index in [-0.39, 0.29) is 5.75 Å². The van der Waals surface area contributed by atoms with Crippen molar-refractivity contribution in [3.63, 3.8) is 0 Å².